The highest BCUT2D eigenvalue weighted by Gasteiger charge is 2.18. The Kier molecular flexibility index (Phi) is 4.38. The molecule has 128 valence electrons. The van der Waals surface area contributed by atoms with Crippen molar-refractivity contribution in [2.75, 3.05) is 25.1 Å². The number of benzene rings is 1. The second-order valence-electron chi connectivity index (χ2n) is 6.09. The first-order valence-electron chi connectivity index (χ1n) is 8.13. The summed E-state index contributed by atoms with van der Waals surface area (Å²) in [4.78, 5) is 4.21. The lowest BCUT2D eigenvalue weighted by atomic mass is 10.0. The molecule has 0 amide bonds. The first kappa shape index (κ1) is 16.1. The molecular weight excluding hydrogens is 340 g/mol. The number of nitrogens with zero attached hydrogens (tertiary/aromatic N) is 3. The molecule has 4 rings (SSSR count). The Balaban J connectivity index is 1.73. The number of anilines is 1. The van der Waals surface area contributed by atoms with Gasteiger partial charge in [-0.1, -0.05) is 11.6 Å². The van der Waals surface area contributed by atoms with Crippen LogP contribution in [0.2, 0.25) is 5.02 Å². The van der Waals surface area contributed by atoms with Crippen LogP contribution in [0.5, 0.6) is 5.75 Å². The van der Waals surface area contributed by atoms with Gasteiger partial charge >= 0.3 is 0 Å². The second kappa shape index (κ2) is 6.82. The van der Waals surface area contributed by atoms with Gasteiger partial charge < -0.3 is 15.2 Å². The van der Waals surface area contributed by atoms with Gasteiger partial charge in [0.2, 0.25) is 0 Å². The first-order chi connectivity index (χ1) is 12.2. The number of phenols is 1. The van der Waals surface area contributed by atoms with Crippen molar-refractivity contribution in [2.24, 2.45) is 5.92 Å². The maximum atomic E-state index is 10.2. The van der Waals surface area contributed by atoms with Crippen LogP contribution < -0.4 is 5.32 Å². The van der Waals surface area contributed by atoms with Gasteiger partial charge in [0.1, 0.15) is 11.4 Å². The molecule has 6 nitrogen and oxygen atoms in total. The monoisotopic (exact) mass is 356 g/mol. The Bertz CT molecular complexity index is 913. The van der Waals surface area contributed by atoms with Gasteiger partial charge in [0.15, 0.2) is 5.82 Å². The maximum Gasteiger partial charge on any atom is 0.158 e. The average Bonchev–Trinajstić information content (AvgIpc) is 3.14. The van der Waals surface area contributed by atoms with E-state index in [-0.39, 0.29) is 5.75 Å². The highest BCUT2D eigenvalue weighted by atomic mass is 35.5. The van der Waals surface area contributed by atoms with E-state index in [1.807, 2.05) is 6.07 Å². The lowest BCUT2D eigenvalue weighted by Crippen LogP contribution is -2.15. The smallest absolute Gasteiger partial charge is 0.158 e. The van der Waals surface area contributed by atoms with Crippen molar-refractivity contribution >= 4 is 28.2 Å². The number of pyridine rings is 1. The van der Waals surface area contributed by atoms with Crippen LogP contribution in [0.15, 0.2) is 36.7 Å². The maximum absolute atomic E-state index is 10.2. The van der Waals surface area contributed by atoms with Crippen molar-refractivity contribution in [3.63, 3.8) is 0 Å². The minimum atomic E-state index is 0.0729. The van der Waals surface area contributed by atoms with Crippen molar-refractivity contribution in [1.29, 1.82) is 0 Å². The van der Waals surface area contributed by atoms with Crippen LogP contribution in [0, 0.1) is 5.92 Å². The van der Waals surface area contributed by atoms with Gasteiger partial charge in [-0.15, -0.1) is 10.2 Å². The summed E-state index contributed by atoms with van der Waals surface area (Å²) in [7, 11) is 0. The van der Waals surface area contributed by atoms with E-state index in [0.717, 1.165) is 37.0 Å². The van der Waals surface area contributed by atoms with E-state index < -0.39 is 0 Å². The van der Waals surface area contributed by atoms with E-state index in [1.54, 1.807) is 24.5 Å². The van der Waals surface area contributed by atoms with Gasteiger partial charge in [-0.3, -0.25) is 4.98 Å². The van der Waals surface area contributed by atoms with E-state index in [4.69, 9.17) is 16.3 Å². The zero-order valence-electron chi connectivity index (χ0n) is 13.4. The quantitative estimate of drug-likeness (QED) is 0.744. The molecule has 0 bridgehead atoms. The Labute approximate surface area is 149 Å². The third-order valence-corrected chi connectivity index (χ3v) is 4.61. The average molecular weight is 357 g/mol. The third kappa shape index (κ3) is 3.23. The molecule has 1 aliphatic rings. The molecule has 0 saturated carbocycles. The zero-order chi connectivity index (χ0) is 17.2. The Hall–Kier alpha value is -2.44. The summed E-state index contributed by atoms with van der Waals surface area (Å²) < 4.78 is 5.41. The highest BCUT2D eigenvalue weighted by Crippen LogP contribution is 2.35. The predicted octanol–water partition coefficient (Wildman–Crippen LogP) is 3.50. The zero-order valence-corrected chi connectivity index (χ0v) is 14.2. The standard InChI is InChI=1S/C18H17ClN4O2/c19-12-1-2-14(16(24)7-12)17-13-3-5-20-9-15(13)18(23-22-17)21-8-11-4-6-25-10-11/h1-3,5,7,9,11,24H,4,6,8,10H2,(H,21,23). The van der Waals surface area contributed by atoms with Crippen molar-refractivity contribution < 1.29 is 9.84 Å². The van der Waals surface area contributed by atoms with E-state index >= 15 is 0 Å². The van der Waals surface area contributed by atoms with Crippen molar-refractivity contribution in [2.45, 2.75) is 6.42 Å². The van der Waals surface area contributed by atoms with Gasteiger partial charge in [0.05, 0.1) is 6.61 Å². The fraction of sp³-hybridized carbons (Fsp3) is 0.278. The van der Waals surface area contributed by atoms with Crippen LogP contribution >= 0.6 is 11.6 Å². The SMILES string of the molecule is Oc1cc(Cl)ccc1-c1nnc(NCC2CCOC2)c2cnccc12. The van der Waals surface area contributed by atoms with Gasteiger partial charge in [-0.25, -0.2) is 0 Å². The van der Waals surface area contributed by atoms with E-state index in [9.17, 15) is 5.11 Å². The number of aromatic nitrogens is 3. The number of hydrogen-bond donors (Lipinski definition) is 2. The number of nitrogens with one attached hydrogen (secondary N) is 1. The van der Waals surface area contributed by atoms with Gasteiger partial charge in [-0.2, -0.15) is 0 Å². The summed E-state index contributed by atoms with van der Waals surface area (Å²) in [6.45, 7) is 2.37. The minimum Gasteiger partial charge on any atom is -0.507 e. The molecule has 2 N–H and O–H groups in total. The second-order valence-corrected chi connectivity index (χ2v) is 6.53. The lowest BCUT2D eigenvalue weighted by Gasteiger charge is -2.13. The van der Waals surface area contributed by atoms with E-state index in [1.165, 1.54) is 6.07 Å². The van der Waals surface area contributed by atoms with Crippen LogP contribution in [0.25, 0.3) is 22.0 Å². The molecule has 1 fully saturated rings. The molecule has 1 saturated heterocycles. The normalized spacial score (nSPS) is 17.1. The molecule has 1 aliphatic heterocycles. The topological polar surface area (TPSA) is 80.2 Å². The molecule has 0 radical (unpaired) electrons. The van der Waals surface area contributed by atoms with Crippen LogP contribution in [-0.4, -0.2) is 40.0 Å². The van der Waals surface area contributed by atoms with Crippen molar-refractivity contribution in [3.8, 4) is 17.0 Å². The van der Waals surface area contributed by atoms with Gasteiger partial charge in [-0.05, 0) is 30.7 Å². The Morgan fingerprint density at radius 1 is 1.24 bits per heavy atom. The molecule has 2 aromatic heterocycles. The number of halogens is 1. The third-order valence-electron chi connectivity index (χ3n) is 4.38. The largest absolute Gasteiger partial charge is 0.507 e. The summed E-state index contributed by atoms with van der Waals surface area (Å²) >= 11 is 5.93. The number of phenolic OH excluding ortho intramolecular Hbond substituents is 1. The molecule has 3 aromatic rings. The molecule has 7 heteroatoms. The summed E-state index contributed by atoms with van der Waals surface area (Å²) in [5, 5.41) is 24.4. The van der Waals surface area contributed by atoms with E-state index in [0.29, 0.717) is 28.0 Å². The summed E-state index contributed by atoms with van der Waals surface area (Å²) in [6.07, 6.45) is 4.51. The van der Waals surface area contributed by atoms with Crippen LogP contribution in [0.4, 0.5) is 5.82 Å². The Morgan fingerprint density at radius 3 is 2.96 bits per heavy atom. The number of fused-ring (bicyclic) bond motifs is 1. The van der Waals surface area contributed by atoms with E-state index in [2.05, 4.69) is 20.5 Å². The summed E-state index contributed by atoms with van der Waals surface area (Å²) in [5.41, 5.74) is 1.19. The molecular formula is C18H17ClN4O2. The van der Waals surface area contributed by atoms with Crippen molar-refractivity contribution in [1.82, 2.24) is 15.2 Å². The predicted molar refractivity (Wildman–Crippen MR) is 96.9 cm³/mol. The van der Waals surface area contributed by atoms with Crippen LogP contribution in [-0.2, 0) is 4.74 Å². The molecule has 1 atom stereocenters. The Morgan fingerprint density at radius 2 is 2.16 bits per heavy atom. The van der Waals surface area contributed by atoms with Crippen LogP contribution in [0.1, 0.15) is 6.42 Å². The summed E-state index contributed by atoms with van der Waals surface area (Å²) in [6, 6.07) is 6.83. The number of rotatable bonds is 4. The summed E-state index contributed by atoms with van der Waals surface area (Å²) in [5.74, 6) is 1.24. The fourth-order valence-electron chi connectivity index (χ4n) is 3.02. The van der Waals surface area contributed by atoms with Gasteiger partial charge in [0.25, 0.3) is 0 Å². The number of hydrogen-bond acceptors (Lipinski definition) is 6. The molecule has 0 spiro atoms. The molecule has 1 aromatic carbocycles. The molecule has 25 heavy (non-hydrogen) atoms. The number of aromatic hydroxyl groups is 1. The lowest BCUT2D eigenvalue weighted by molar-refractivity contribution is 0.187. The fourth-order valence-corrected chi connectivity index (χ4v) is 3.18. The molecule has 3 heterocycles. The first-order valence-corrected chi connectivity index (χ1v) is 8.51. The minimum absolute atomic E-state index is 0.0729. The van der Waals surface area contributed by atoms with Crippen molar-refractivity contribution in [3.05, 3.63) is 41.7 Å². The number of ether oxygens (including phenoxy) is 1. The molecule has 1 unspecified atom stereocenters. The van der Waals surface area contributed by atoms with Gasteiger partial charge in [0, 0.05) is 52.8 Å². The highest BCUT2D eigenvalue weighted by molar-refractivity contribution is 6.30. The van der Waals surface area contributed by atoms with Crippen LogP contribution in [0.3, 0.4) is 0 Å². The molecule has 0 aliphatic carbocycles.